The Hall–Kier alpha value is -3.10. The van der Waals surface area contributed by atoms with E-state index in [0.29, 0.717) is 37.6 Å². The number of fused-ring (bicyclic) bond motifs is 1. The van der Waals surface area contributed by atoms with Gasteiger partial charge in [0.1, 0.15) is 12.3 Å². The van der Waals surface area contributed by atoms with E-state index in [9.17, 15) is 9.59 Å². The fourth-order valence-electron chi connectivity index (χ4n) is 3.78. The van der Waals surface area contributed by atoms with Gasteiger partial charge in [-0.3, -0.25) is 9.59 Å². The second kappa shape index (κ2) is 6.81. The zero-order valence-electron chi connectivity index (χ0n) is 15.4. The van der Waals surface area contributed by atoms with E-state index in [0.717, 1.165) is 18.7 Å². The van der Waals surface area contributed by atoms with Crippen LogP contribution >= 0.6 is 0 Å². The molecule has 1 aromatic carbocycles. The van der Waals surface area contributed by atoms with Crippen molar-refractivity contribution in [2.75, 3.05) is 26.2 Å². The first-order valence-corrected chi connectivity index (χ1v) is 9.53. The largest absolute Gasteiger partial charge is 0.485 e. The van der Waals surface area contributed by atoms with Crippen LogP contribution in [-0.2, 0) is 16.1 Å². The number of carbonyl (C=O) groups is 2. The summed E-state index contributed by atoms with van der Waals surface area (Å²) in [4.78, 5) is 28.0. The fourth-order valence-corrected chi connectivity index (χ4v) is 3.78. The minimum absolute atomic E-state index is 0.0752. The van der Waals surface area contributed by atoms with Gasteiger partial charge >= 0.3 is 0 Å². The number of aromatic nitrogens is 3. The zero-order chi connectivity index (χ0) is 19.1. The molecule has 3 aliphatic heterocycles. The average molecular weight is 383 g/mol. The number of ether oxygens (including phenoxy) is 2. The summed E-state index contributed by atoms with van der Waals surface area (Å²) in [5.41, 5.74) is 0.778. The molecule has 2 fully saturated rings. The number of likely N-dealkylation sites (tertiary alicyclic amines) is 2. The molecule has 2 saturated heterocycles. The summed E-state index contributed by atoms with van der Waals surface area (Å²) in [6.07, 6.45) is 2.77. The predicted molar refractivity (Wildman–Crippen MR) is 96.6 cm³/mol. The molecule has 0 bridgehead atoms. The van der Waals surface area contributed by atoms with Crippen molar-refractivity contribution in [3.05, 3.63) is 36.2 Å². The van der Waals surface area contributed by atoms with Crippen molar-refractivity contribution in [1.82, 2.24) is 24.8 Å². The predicted octanol–water partition coefficient (Wildman–Crippen LogP) is 0.624. The summed E-state index contributed by atoms with van der Waals surface area (Å²) in [6.45, 7) is 2.62. The van der Waals surface area contributed by atoms with Gasteiger partial charge in [-0.1, -0.05) is 17.3 Å². The molecule has 1 aromatic heterocycles. The van der Waals surface area contributed by atoms with E-state index in [1.165, 1.54) is 0 Å². The summed E-state index contributed by atoms with van der Waals surface area (Å²) in [5.74, 6) is 1.36. The summed E-state index contributed by atoms with van der Waals surface area (Å²) in [6, 6.07) is 7.45. The Bertz CT molecular complexity index is 907. The van der Waals surface area contributed by atoms with Crippen LogP contribution in [0, 0.1) is 0 Å². The van der Waals surface area contributed by atoms with E-state index in [4.69, 9.17) is 9.47 Å². The Labute approximate surface area is 161 Å². The SMILES string of the molecule is O=C1CCCN1Cc1cn(C2CN(C(=O)[C@@H]3COc4ccccc4O3)C2)nn1. The number of amides is 2. The summed E-state index contributed by atoms with van der Waals surface area (Å²) in [7, 11) is 0. The summed E-state index contributed by atoms with van der Waals surface area (Å²) < 4.78 is 13.2. The number of hydrogen-bond donors (Lipinski definition) is 0. The van der Waals surface area contributed by atoms with Crippen molar-refractivity contribution in [3.63, 3.8) is 0 Å². The highest BCUT2D eigenvalue weighted by Crippen LogP contribution is 2.32. The number of hydrogen-bond acceptors (Lipinski definition) is 6. The maximum Gasteiger partial charge on any atom is 0.267 e. The Balaban J connectivity index is 1.16. The molecule has 9 heteroatoms. The molecule has 0 spiro atoms. The molecule has 9 nitrogen and oxygen atoms in total. The molecule has 0 radical (unpaired) electrons. The molecule has 1 atom stereocenters. The van der Waals surface area contributed by atoms with Crippen LogP contribution in [0.25, 0.3) is 0 Å². The van der Waals surface area contributed by atoms with Crippen LogP contribution in [0.15, 0.2) is 30.5 Å². The normalized spacial score (nSPS) is 21.7. The Kier molecular flexibility index (Phi) is 4.14. The van der Waals surface area contributed by atoms with Crippen LogP contribution in [-0.4, -0.2) is 69.0 Å². The summed E-state index contributed by atoms with van der Waals surface area (Å²) >= 11 is 0. The smallest absolute Gasteiger partial charge is 0.267 e. The molecule has 2 aromatic rings. The molecule has 0 aliphatic carbocycles. The quantitative estimate of drug-likeness (QED) is 0.769. The monoisotopic (exact) mass is 383 g/mol. The van der Waals surface area contributed by atoms with E-state index in [1.54, 1.807) is 15.6 Å². The lowest BCUT2D eigenvalue weighted by Crippen LogP contribution is -2.56. The summed E-state index contributed by atoms with van der Waals surface area (Å²) in [5, 5.41) is 8.35. The Morgan fingerprint density at radius 2 is 2.04 bits per heavy atom. The lowest BCUT2D eigenvalue weighted by atomic mass is 10.1. The van der Waals surface area contributed by atoms with Crippen LogP contribution in [0.5, 0.6) is 11.5 Å². The Morgan fingerprint density at radius 1 is 1.21 bits per heavy atom. The third-order valence-electron chi connectivity index (χ3n) is 5.41. The molecular formula is C19H21N5O4. The molecule has 3 aliphatic rings. The van der Waals surface area contributed by atoms with E-state index < -0.39 is 6.10 Å². The van der Waals surface area contributed by atoms with Gasteiger partial charge in [-0.2, -0.15) is 0 Å². The van der Waals surface area contributed by atoms with Gasteiger partial charge in [-0.15, -0.1) is 5.10 Å². The molecule has 146 valence electrons. The van der Waals surface area contributed by atoms with E-state index in [1.807, 2.05) is 29.3 Å². The van der Waals surface area contributed by atoms with Gasteiger partial charge in [0.15, 0.2) is 11.5 Å². The first-order chi connectivity index (χ1) is 13.7. The topological polar surface area (TPSA) is 89.8 Å². The molecule has 0 unspecified atom stereocenters. The molecule has 0 saturated carbocycles. The van der Waals surface area contributed by atoms with Gasteiger partial charge in [0.05, 0.1) is 18.8 Å². The van der Waals surface area contributed by atoms with Crippen molar-refractivity contribution >= 4 is 11.8 Å². The van der Waals surface area contributed by atoms with E-state index in [-0.39, 0.29) is 24.5 Å². The first kappa shape index (κ1) is 17.0. The van der Waals surface area contributed by atoms with Crippen molar-refractivity contribution < 1.29 is 19.1 Å². The van der Waals surface area contributed by atoms with Gasteiger partial charge in [0.25, 0.3) is 5.91 Å². The maximum absolute atomic E-state index is 12.7. The molecular weight excluding hydrogens is 362 g/mol. The van der Waals surface area contributed by atoms with Gasteiger partial charge in [-0.25, -0.2) is 4.68 Å². The lowest BCUT2D eigenvalue weighted by Gasteiger charge is -2.41. The second-order valence-corrected chi connectivity index (χ2v) is 7.37. The fraction of sp³-hybridized carbons (Fsp3) is 0.474. The molecule has 28 heavy (non-hydrogen) atoms. The number of nitrogens with zero attached hydrogens (tertiary/aromatic N) is 5. The highest BCUT2D eigenvalue weighted by Gasteiger charge is 2.39. The standard InChI is InChI=1S/C19H21N5O4/c25-18-6-3-7-22(18)8-13-9-24(21-20-13)14-10-23(11-14)19(26)17-12-27-15-4-1-2-5-16(15)28-17/h1-2,4-5,9,14,17H,3,6-8,10-12H2/t17-/m0/s1. The van der Waals surface area contributed by atoms with Crippen molar-refractivity contribution in [2.24, 2.45) is 0 Å². The van der Waals surface area contributed by atoms with Crippen LogP contribution in [0.4, 0.5) is 0 Å². The van der Waals surface area contributed by atoms with Crippen LogP contribution < -0.4 is 9.47 Å². The zero-order valence-corrected chi connectivity index (χ0v) is 15.4. The first-order valence-electron chi connectivity index (χ1n) is 9.53. The number of rotatable bonds is 4. The third kappa shape index (κ3) is 3.06. The molecule has 5 rings (SSSR count). The van der Waals surface area contributed by atoms with Crippen molar-refractivity contribution in [1.29, 1.82) is 0 Å². The highest BCUT2D eigenvalue weighted by atomic mass is 16.6. The minimum atomic E-state index is -0.622. The average Bonchev–Trinajstić information content (AvgIpc) is 3.30. The number of benzene rings is 1. The van der Waals surface area contributed by atoms with Crippen molar-refractivity contribution in [3.8, 4) is 11.5 Å². The Morgan fingerprint density at radius 3 is 2.82 bits per heavy atom. The number of carbonyl (C=O) groups excluding carboxylic acids is 2. The number of para-hydroxylation sites is 2. The minimum Gasteiger partial charge on any atom is -0.485 e. The van der Waals surface area contributed by atoms with Gasteiger partial charge in [0.2, 0.25) is 12.0 Å². The van der Waals surface area contributed by atoms with E-state index >= 15 is 0 Å². The van der Waals surface area contributed by atoms with Gasteiger partial charge < -0.3 is 19.3 Å². The highest BCUT2D eigenvalue weighted by molar-refractivity contribution is 5.82. The lowest BCUT2D eigenvalue weighted by molar-refractivity contribution is -0.147. The van der Waals surface area contributed by atoms with E-state index in [2.05, 4.69) is 10.3 Å². The van der Waals surface area contributed by atoms with Gasteiger partial charge in [-0.05, 0) is 18.6 Å². The molecule has 2 amide bonds. The van der Waals surface area contributed by atoms with Crippen LogP contribution in [0.1, 0.15) is 24.6 Å². The van der Waals surface area contributed by atoms with Crippen LogP contribution in [0.2, 0.25) is 0 Å². The molecule has 0 N–H and O–H groups in total. The second-order valence-electron chi connectivity index (χ2n) is 7.37. The third-order valence-corrected chi connectivity index (χ3v) is 5.41. The van der Waals surface area contributed by atoms with Gasteiger partial charge in [0, 0.05) is 26.1 Å². The maximum atomic E-state index is 12.7. The van der Waals surface area contributed by atoms with Crippen LogP contribution in [0.3, 0.4) is 0 Å². The van der Waals surface area contributed by atoms with Crippen molar-refractivity contribution in [2.45, 2.75) is 31.5 Å². The molecule has 4 heterocycles.